The molecule has 0 spiro atoms. The summed E-state index contributed by atoms with van der Waals surface area (Å²) in [7, 11) is 0. The lowest BCUT2D eigenvalue weighted by molar-refractivity contribution is -0.144. The summed E-state index contributed by atoms with van der Waals surface area (Å²) < 4.78 is 0. The number of hydrogen-bond donors (Lipinski definition) is 3. The Morgan fingerprint density at radius 2 is 2.10 bits per heavy atom. The molecule has 1 saturated heterocycles. The third-order valence-electron chi connectivity index (χ3n) is 3.41. The van der Waals surface area contributed by atoms with Crippen molar-refractivity contribution in [3.8, 4) is 0 Å². The van der Waals surface area contributed by atoms with E-state index in [2.05, 4.69) is 15.3 Å². The third kappa shape index (κ3) is 3.46. The molecule has 8 nitrogen and oxygen atoms in total. The predicted octanol–water partition coefficient (Wildman–Crippen LogP) is -0.604. The molecule has 1 aliphatic rings. The Bertz CT molecular complexity index is 508. The number of amides is 1. The first-order valence-electron chi connectivity index (χ1n) is 6.75. The van der Waals surface area contributed by atoms with Crippen LogP contribution < -0.4 is 10.2 Å². The van der Waals surface area contributed by atoms with E-state index in [0.717, 1.165) is 6.42 Å². The first-order valence-corrected chi connectivity index (χ1v) is 6.75. The number of nitrogens with zero attached hydrogens (tertiary/aromatic N) is 3. The number of rotatable bonds is 5. The van der Waals surface area contributed by atoms with E-state index in [1.807, 2.05) is 0 Å². The van der Waals surface area contributed by atoms with Gasteiger partial charge in [-0.2, -0.15) is 0 Å². The molecule has 1 amide bonds. The fourth-order valence-electron chi connectivity index (χ4n) is 2.36. The maximum absolute atomic E-state index is 12.3. The molecule has 2 heterocycles. The van der Waals surface area contributed by atoms with Crippen molar-refractivity contribution in [1.29, 1.82) is 0 Å². The monoisotopic (exact) mass is 294 g/mol. The maximum atomic E-state index is 12.3. The molecule has 1 aliphatic heterocycles. The first-order chi connectivity index (χ1) is 10.0. The average molecular weight is 294 g/mol. The van der Waals surface area contributed by atoms with Crippen LogP contribution in [-0.4, -0.2) is 56.8 Å². The number of carboxylic acids is 1. The highest BCUT2D eigenvalue weighted by atomic mass is 16.4. The quantitative estimate of drug-likeness (QED) is 0.663. The Kier molecular flexibility index (Phi) is 4.69. The predicted molar refractivity (Wildman–Crippen MR) is 73.6 cm³/mol. The maximum Gasteiger partial charge on any atom is 0.328 e. The van der Waals surface area contributed by atoms with E-state index in [1.165, 1.54) is 6.92 Å². The van der Waals surface area contributed by atoms with Crippen LogP contribution in [0.25, 0.3) is 0 Å². The zero-order valence-electron chi connectivity index (χ0n) is 11.6. The summed E-state index contributed by atoms with van der Waals surface area (Å²) >= 11 is 0. The number of nitrogens with one attached hydrogen (secondary N) is 1. The lowest BCUT2D eigenvalue weighted by atomic mass is 10.1. The number of carbonyl (C=O) groups is 2. The standard InChI is InChI=1S/C13H18N4O4/c1-8(18)10(12(20)21)16-11(19)9-4-2-7-17(9)13-14-5-3-6-15-13/h3,5-6,8-10,18H,2,4,7H2,1H3,(H,16,19)(H,20,21)/t8-,9?,10+/m1/s1. The van der Waals surface area contributed by atoms with Gasteiger partial charge >= 0.3 is 5.97 Å². The molecular weight excluding hydrogens is 276 g/mol. The molecule has 21 heavy (non-hydrogen) atoms. The average Bonchev–Trinajstić information content (AvgIpc) is 2.94. The van der Waals surface area contributed by atoms with Crippen molar-refractivity contribution in [1.82, 2.24) is 15.3 Å². The number of carboxylic acid groups (broad SMARTS) is 1. The van der Waals surface area contributed by atoms with Gasteiger partial charge in [-0.1, -0.05) is 0 Å². The summed E-state index contributed by atoms with van der Waals surface area (Å²) in [6.07, 6.45) is 3.39. The van der Waals surface area contributed by atoms with Crippen molar-refractivity contribution < 1.29 is 19.8 Å². The van der Waals surface area contributed by atoms with E-state index in [4.69, 9.17) is 5.11 Å². The SMILES string of the molecule is C[C@@H](O)[C@H](NC(=O)C1CCCN1c1ncccn1)C(=O)O. The fourth-order valence-corrected chi connectivity index (χ4v) is 2.36. The topological polar surface area (TPSA) is 116 Å². The lowest BCUT2D eigenvalue weighted by Crippen LogP contribution is -2.53. The number of hydrogen-bond acceptors (Lipinski definition) is 6. The van der Waals surface area contributed by atoms with Gasteiger partial charge in [-0.3, -0.25) is 4.79 Å². The van der Waals surface area contributed by atoms with Crippen molar-refractivity contribution >= 4 is 17.8 Å². The van der Waals surface area contributed by atoms with Crippen molar-refractivity contribution in [2.45, 2.75) is 38.0 Å². The molecule has 0 bridgehead atoms. The summed E-state index contributed by atoms with van der Waals surface area (Å²) in [5.41, 5.74) is 0. The summed E-state index contributed by atoms with van der Waals surface area (Å²) in [5.74, 6) is -1.26. The van der Waals surface area contributed by atoms with Gasteiger partial charge in [-0.15, -0.1) is 0 Å². The summed E-state index contributed by atoms with van der Waals surface area (Å²) in [4.78, 5) is 33.3. The number of aromatic nitrogens is 2. The van der Waals surface area contributed by atoms with Crippen molar-refractivity contribution in [2.24, 2.45) is 0 Å². The number of anilines is 1. The molecule has 3 atom stereocenters. The molecule has 114 valence electrons. The van der Waals surface area contributed by atoms with Crippen molar-refractivity contribution in [2.75, 3.05) is 11.4 Å². The largest absolute Gasteiger partial charge is 0.480 e. The Morgan fingerprint density at radius 1 is 1.43 bits per heavy atom. The first kappa shape index (κ1) is 15.2. The molecule has 0 aliphatic carbocycles. The molecule has 0 radical (unpaired) electrons. The number of aliphatic carboxylic acids is 1. The van der Waals surface area contributed by atoms with Gasteiger partial charge in [0.15, 0.2) is 6.04 Å². The van der Waals surface area contributed by atoms with Gasteiger partial charge in [0.25, 0.3) is 0 Å². The van der Waals surface area contributed by atoms with Crippen LogP contribution in [0.2, 0.25) is 0 Å². The molecule has 1 fully saturated rings. The highest BCUT2D eigenvalue weighted by Gasteiger charge is 2.35. The van der Waals surface area contributed by atoms with Gasteiger partial charge in [-0.05, 0) is 25.8 Å². The van der Waals surface area contributed by atoms with Crippen molar-refractivity contribution in [3.05, 3.63) is 18.5 Å². The van der Waals surface area contributed by atoms with Crippen LogP contribution in [0.3, 0.4) is 0 Å². The third-order valence-corrected chi connectivity index (χ3v) is 3.41. The van der Waals surface area contributed by atoms with Gasteiger partial charge < -0.3 is 20.4 Å². The molecule has 0 aromatic carbocycles. The molecule has 1 aromatic heterocycles. The summed E-state index contributed by atoms with van der Waals surface area (Å²) in [5, 5.41) is 20.8. The summed E-state index contributed by atoms with van der Waals surface area (Å²) in [6, 6.07) is -0.160. The highest BCUT2D eigenvalue weighted by Crippen LogP contribution is 2.22. The molecule has 0 saturated carbocycles. The number of aliphatic hydroxyl groups excluding tert-OH is 1. The van der Waals surface area contributed by atoms with Crippen LogP contribution in [0.1, 0.15) is 19.8 Å². The zero-order chi connectivity index (χ0) is 15.4. The fraction of sp³-hybridized carbons (Fsp3) is 0.538. The summed E-state index contributed by atoms with van der Waals surface area (Å²) in [6.45, 7) is 1.96. The van der Waals surface area contributed by atoms with E-state index in [-0.39, 0.29) is 0 Å². The van der Waals surface area contributed by atoms with E-state index in [1.54, 1.807) is 23.4 Å². The van der Waals surface area contributed by atoms with E-state index >= 15 is 0 Å². The number of carbonyl (C=O) groups excluding carboxylic acids is 1. The van der Waals surface area contributed by atoms with E-state index in [0.29, 0.717) is 18.9 Å². The van der Waals surface area contributed by atoms with Crippen LogP contribution in [-0.2, 0) is 9.59 Å². The molecule has 1 aromatic rings. The Hall–Kier alpha value is -2.22. The molecule has 8 heteroatoms. The van der Waals surface area contributed by atoms with Gasteiger partial charge in [0.05, 0.1) is 6.10 Å². The minimum Gasteiger partial charge on any atom is -0.480 e. The van der Waals surface area contributed by atoms with Gasteiger partial charge in [-0.25, -0.2) is 14.8 Å². The molecular formula is C13H18N4O4. The number of aliphatic hydroxyl groups is 1. The van der Waals surface area contributed by atoms with E-state index < -0.39 is 30.1 Å². The van der Waals surface area contributed by atoms with E-state index in [9.17, 15) is 14.7 Å². The minimum atomic E-state index is -1.32. The minimum absolute atomic E-state index is 0.437. The van der Waals surface area contributed by atoms with Crippen LogP contribution in [0, 0.1) is 0 Å². The molecule has 1 unspecified atom stereocenters. The van der Waals surface area contributed by atoms with Crippen LogP contribution in [0.5, 0.6) is 0 Å². The van der Waals surface area contributed by atoms with Crippen LogP contribution >= 0.6 is 0 Å². The Balaban J connectivity index is 2.09. The van der Waals surface area contributed by atoms with Crippen LogP contribution in [0.15, 0.2) is 18.5 Å². The second-order valence-corrected chi connectivity index (χ2v) is 4.97. The van der Waals surface area contributed by atoms with Gasteiger partial charge in [0.2, 0.25) is 11.9 Å². The lowest BCUT2D eigenvalue weighted by Gasteiger charge is -2.26. The Morgan fingerprint density at radius 3 is 2.67 bits per heavy atom. The Labute approximate surface area is 121 Å². The smallest absolute Gasteiger partial charge is 0.328 e. The zero-order valence-corrected chi connectivity index (χ0v) is 11.6. The van der Waals surface area contributed by atoms with Gasteiger partial charge in [0.1, 0.15) is 6.04 Å². The molecule has 2 rings (SSSR count). The van der Waals surface area contributed by atoms with Crippen LogP contribution in [0.4, 0.5) is 5.95 Å². The molecule has 3 N–H and O–H groups in total. The van der Waals surface area contributed by atoms with Crippen molar-refractivity contribution in [3.63, 3.8) is 0 Å². The second-order valence-electron chi connectivity index (χ2n) is 4.97. The van der Waals surface area contributed by atoms with Gasteiger partial charge in [0, 0.05) is 18.9 Å². The second kappa shape index (κ2) is 6.49. The highest BCUT2D eigenvalue weighted by molar-refractivity contribution is 5.89. The normalized spacial score (nSPS) is 20.9.